The fourth-order valence-corrected chi connectivity index (χ4v) is 2.65. The van der Waals surface area contributed by atoms with E-state index in [1.165, 1.54) is 6.08 Å². The summed E-state index contributed by atoms with van der Waals surface area (Å²) in [6, 6.07) is 17.1. The molecule has 0 N–H and O–H groups in total. The molecular weight excluding hydrogens is 382 g/mol. The maximum absolute atomic E-state index is 12.2. The summed E-state index contributed by atoms with van der Waals surface area (Å²) in [7, 11) is 1.70. The Balaban J connectivity index is 1.85. The minimum absolute atomic E-state index is 0.0930. The summed E-state index contributed by atoms with van der Waals surface area (Å²) < 4.78 is 5.96. The molecule has 0 heterocycles. The van der Waals surface area contributed by atoms with Crippen molar-refractivity contribution in [2.24, 2.45) is 0 Å². The molecule has 130 valence electrons. The quantitative estimate of drug-likeness (QED) is 0.537. The number of esters is 1. The van der Waals surface area contributed by atoms with Crippen molar-refractivity contribution >= 4 is 33.9 Å². The van der Waals surface area contributed by atoms with E-state index in [0.29, 0.717) is 0 Å². The summed E-state index contributed by atoms with van der Waals surface area (Å²) >= 11 is 3.37. The van der Waals surface area contributed by atoms with Gasteiger partial charge < -0.3 is 9.64 Å². The summed E-state index contributed by atoms with van der Waals surface area (Å²) in [5, 5.41) is 0. The molecule has 0 bridgehead atoms. The average Bonchev–Trinajstić information content (AvgIpc) is 2.64. The lowest BCUT2D eigenvalue weighted by Gasteiger charge is -2.25. The molecule has 0 radical (unpaired) electrons. The number of rotatable bonds is 6. The van der Waals surface area contributed by atoms with Gasteiger partial charge in [-0.2, -0.15) is 0 Å². The lowest BCUT2D eigenvalue weighted by atomic mass is 10.1. The van der Waals surface area contributed by atoms with Gasteiger partial charge in [0.05, 0.1) is 6.04 Å². The Morgan fingerprint density at radius 1 is 1.16 bits per heavy atom. The molecule has 1 amide bonds. The van der Waals surface area contributed by atoms with Crippen LogP contribution in [-0.2, 0) is 14.3 Å². The van der Waals surface area contributed by atoms with Crippen molar-refractivity contribution in [2.75, 3.05) is 13.7 Å². The molecule has 2 aromatic rings. The van der Waals surface area contributed by atoms with Gasteiger partial charge in [-0.15, -0.1) is 0 Å². The van der Waals surface area contributed by atoms with Crippen LogP contribution in [0.1, 0.15) is 24.1 Å². The number of halogens is 1. The van der Waals surface area contributed by atoms with Crippen LogP contribution in [-0.4, -0.2) is 30.4 Å². The topological polar surface area (TPSA) is 46.6 Å². The lowest BCUT2D eigenvalue weighted by Crippen LogP contribution is -2.33. The number of nitrogens with zero attached hydrogens (tertiary/aromatic N) is 1. The van der Waals surface area contributed by atoms with Gasteiger partial charge >= 0.3 is 5.97 Å². The summed E-state index contributed by atoms with van der Waals surface area (Å²) in [6.45, 7) is 1.65. The van der Waals surface area contributed by atoms with E-state index in [1.807, 2.05) is 61.5 Å². The third-order valence-corrected chi connectivity index (χ3v) is 4.35. The summed E-state index contributed by atoms with van der Waals surface area (Å²) in [5.41, 5.74) is 1.90. The Labute approximate surface area is 156 Å². The number of amides is 1. The molecule has 0 aliphatic rings. The molecule has 0 saturated heterocycles. The second-order valence-corrected chi connectivity index (χ2v) is 6.50. The Bertz CT molecular complexity index is 759. The molecule has 1 atom stereocenters. The fourth-order valence-electron chi connectivity index (χ4n) is 2.23. The van der Waals surface area contributed by atoms with E-state index in [2.05, 4.69) is 15.9 Å². The van der Waals surface area contributed by atoms with Crippen LogP contribution in [0.4, 0.5) is 0 Å². The monoisotopic (exact) mass is 401 g/mol. The SMILES string of the molecule is CC(c1ccccc1)N(C)C(=O)COC(=O)/C=C/c1cccc(Br)c1. The maximum atomic E-state index is 12.2. The Hall–Kier alpha value is -2.40. The van der Waals surface area contributed by atoms with Crippen molar-refractivity contribution in [1.29, 1.82) is 0 Å². The molecule has 0 aliphatic carbocycles. The predicted molar refractivity (Wildman–Crippen MR) is 102 cm³/mol. The van der Waals surface area contributed by atoms with E-state index in [9.17, 15) is 9.59 Å². The molecule has 0 saturated carbocycles. The van der Waals surface area contributed by atoms with Gasteiger partial charge in [0.2, 0.25) is 0 Å². The van der Waals surface area contributed by atoms with Crippen LogP contribution in [0, 0.1) is 0 Å². The van der Waals surface area contributed by atoms with Crippen molar-refractivity contribution in [2.45, 2.75) is 13.0 Å². The minimum Gasteiger partial charge on any atom is -0.452 e. The summed E-state index contributed by atoms with van der Waals surface area (Å²) in [6.07, 6.45) is 2.96. The van der Waals surface area contributed by atoms with Crippen LogP contribution in [0.2, 0.25) is 0 Å². The third kappa shape index (κ3) is 5.87. The largest absolute Gasteiger partial charge is 0.452 e. The van der Waals surface area contributed by atoms with Crippen LogP contribution in [0.25, 0.3) is 6.08 Å². The van der Waals surface area contributed by atoms with Crippen LogP contribution in [0.15, 0.2) is 65.1 Å². The van der Waals surface area contributed by atoms with E-state index in [-0.39, 0.29) is 18.6 Å². The van der Waals surface area contributed by atoms with Gasteiger partial charge in [-0.05, 0) is 36.3 Å². The van der Waals surface area contributed by atoms with Gasteiger partial charge in [0.25, 0.3) is 5.91 Å². The van der Waals surface area contributed by atoms with Gasteiger partial charge in [-0.1, -0.05) is 58.4 Å². The van der Waals surface area contributed by atoms with E-state index >= 15 is 0 Å². The molecule has 0 fully saturated rings. The van der Waals surface area contributed by atoms with Crippen LogP contribution < -0.4 is 0 Å². The lowest BCUT2D eigenvalue weighted by molar-refractivity contribution is -0.148. The van der Waals surface area contributed by atoms with Crippen molar-refractivity contribution in [3.8, 4) is 0 Å². The second kappa shape index (κ2) is 9.18. The standard InChI is InChI=1S/C20H20BrNO3/c1-15(17-8-4-3-5-9-17)22(2)19(23)14-25-20(24)12-11-16-7-6-10-18(21)13-16/h3-13,15H,14H2,1-2H3/b12-11+. The highest BCUT2D eigenvalue weighted by molar-refractivity contribution is 9.10. The molecule has 4 nitrogen and oxygen atoms in total. The highest BCUT2D eigenvalue weighted by Crippen LogP contribution is 2.18. The first-order valence-corrected chi connectivity index (χ1v) is 8.67. The molecule has 2 aromatic carbocycles. The van der Waals surface area contributed by atoms with E-state index in [0.717, 1.165) is 15.6 Å². The molecule has 5 heteroatoms. The van der Waals surface area contributed by atoms with Crippen molar-refractivity contribution in [1.82, 2.24) is 4.90 Å². The van der Waals surface area contributed by atoms with Crippen molar-refractivity contribution < 1.29 is 14.3 Å². The molecule has 0 aromatic heterocycles. The first-order valence-electron chi connectivity index (χ1n) is 7.88. The zero-order valence-electron chi connectivity index (χ0n) is 14.2. The van der Waals surface area contributed by atoms with Crippen molar-refractivity contribution in [3.63, 3.8) is 0 Å². The number of ether oxygens (including phenoxy) is 1. The van der Waals surface area contributed by atoms with Crippen LogP contribution in [0.3, 0.4) is 0 Å². The Kier molecular flexibility index (Phi) is 6.95. The van der Waals surface area contributed by atoms with Crippen LogP contribution >= 0.6 is 15.9 Å². The molecule has 25 heavy (non-hydrogen) atoms. The van der Waals surface area contributed by atoms with Gasteiger partial charge in [0.15, 0.2) is 6.61 Å². The Morgan fingerprint density at radius 2 is 1.88 bits per heavy atom. The normalized spacial score (nSPS) is 12.0. The van der Waals surface area contributed by atoms with Gasteiger partial charge in [0.1, 0.15) is 0 Å². The Morgan fingerprint density at radius 3 is 2.56 bits per heavy atom. The van der Waals surface area contributed by atoms with E-state index in [1.54, 1.807) is 18.0 Å². The molecule has 2 rings (SSSR count). The second-order valence-electron chi connectivity index (χ2n) is 5.59. The molecule has 0 aliphatic heterocycles. The first-order chi connectivity index (χ1) is 12.0. The van der Waals surface area contributed by atoms with Gasteiger partial charge in [-0.3, -0.25) is 4.79 Å². The number of likely N-dealkylation sites (N-methyl/N-ethyl adjacent to an activating group) is 1. The van der Waals surface area contributed by atoms with E-state index in [4.69, 9.17) is 4.74 Å². The van der Waals surface area contributed by atoms with Gasteiger partial charge in [-0.25, -0.2) is 4.79 Å². The smallest absolute Gasteiger partial charge is 0.331 e. The number of hydrogen-bond donors (Lipinski definition) is 0. The van der Waals surface area contributed by atoms with E-state index < -0.39 is 5.97 Å². The number of carbonyl (C=O) groups is 2. The highest BCUT2D eigenvalue weighted by atomic mass is 79.9. The first kappa shape index (κ1) is 18.9. The number of carbonyl (C=O) groups excluding carboxylic acids is 2. The van der Waals surface area contributed by atoms with Crippen molar-refractivity contribution in [3.05, 3.63) is 76.3 Å². The molecular formula is C20H20BrNO3. The third-order valence-electron chi connectivity index (χ3n) is 3.85. The highest BCUT2D eigenvalue weighted by Gasteiger charge is 2.18. The zero-order chi connectivity index (χ0) is 18.2. The number of hydrogen-bond acceptors (Lipinski definition) is 3. The average molecular weight is 402 g/mol. The maximum Gasteiger partial charge on any atom is 0.331 e. The number of benzene rings is 2. The molecule has 0 spiro atoms. The summed E-state index contributed by atoms with van der Waals surface area (Å²) in [5.74, 6) is -0.797. The van der Waals surface area contributed by atoms with Crippen LogP contribution in [0.5, 0.6) is 0 Å². The minimum atomic E-state index is -0.547. The van der Waals surface area contributed by atoms with Gasteiger partial charge in [0, 0.05) is 17.6 Å². The predicted octanol–water partition coefficient (Wildman–Crippen LogP) is 4.23. The molecule has 1 unspecified atom stereocenters. The summed E-state index contributed by atoms with van der Waals surface area (Å²) in [4.78, 5) is 25.5. The zero-order valence-corrected chi connectivity index (χ0v) is 15.8. The fraction of sp³-hybridized carbons (Fsp3) is 0.200.